The van der Waals surface area contributed by atoms with Crippen LogP contribution >= 0.6 is 11.3 Å². The van der Waals surface area contributed by atoms with Crippen molar-refractivity contribution in [3.8, 4) is 0 Å². The van der Waals surface area contributed by atoms with E-state index in [0.717, 1.165) is 35.7 Å². The van der Waals surface area contributed by atoms with Gasteiger partial charge in [-0.3, -0.25) is 4.79 Å². The smallest absolute Gasteiger partial charge is 0.286 e. The molecular formula is C17H22N4O2S. The SMILES string of the molecule is Cc1ccc(NC(=O)c2nnc(CNC(C)C3CCCO3)s2)cc1. The molecule has 0 spiro atoms. The number of ether oxygens (including phenoxy) is 1. The first-order chi connectivity index (χ1) is 11.6. The Morgan fingerprint density at radius 2 is 2.17 bits per heavy atom. The molecule has 2 unspecified atom stereocenters. The lowest BCUT2D eigenvalue weighted by molar-refractivity contribution is 0.0832. The molecule has 128 valence electrons. The van der Waals surface area contributed by atoms with Gasteiger partial charge in [0.25, 0.3) is 5.91 Å². The predicted molar refractivity (Wildman–Crippen MR) is 94.3 cm³/mol. The molecule has 2 N–H and O–H groups in total. The van der Waals surface area contributed by atoms with Crippen LogP contribution in [-0.4, -0.2) is 34.9 Å². The molecule has 2 aromatic rings. The fourth-order valence-electron chi connectivity index (χ4n) is 2.61. The summed E-state index contributed by atoms with van der Waals surface area (Å²) in [7, 11) is 0. The van der Waals surface area contributed by atoms with Gasteiger partial charge in [0.1, 0.15) is 5.01 Å². The van der Waals surface area contributed by atoms with Crippen LogP contribution < -0.4 is 10.6 Å². The number of aromatic nitrogens is 2. The van der Waals surface area contributed by atoms with Crippen molar-refractivity contribution in [2.24, 2.45) is 0 Å². The summed E-state index contributed by atoms with van der Waals surface area (Å²) in [5.41, 5.74) is 1.91. The molecule has 24 heavy (non-hydrogen) atoms. The molecule has 3 rings (SSSR count). The maximum absolute atomic E-state index is 12.2. The van der Waals surface area contributed by atoms with Crippen molar-refractivity contribution in [2.75, 3.05) is 11.9 Å². The number of anilines is 1. The number of aryl methyl sites for hydroxylation is 1. The first-order valence-corrected chi connectivity index (χ1v) is 8.99. The molecule has 6 nitrogen and oxygen atoms in total. The minimum absolute atomic E-state index is 0.227. The molecule has 0 radical (unpaired) electrons. The van der Waals surface area contributed by atoms with E-state index >= 15 is 0 Å². The number of carbonyl (C=O) groups is 1. The second kappa shape index (κ2) is 7.83. The zero-order chi connectivity index (χ0) is 16.9. The summed E-state index contributed by atoms with van der Waals surface area (Å²) in [5.74, 6) is -0.227. The maximum atomic E-state index is 12.2. The summed E-state index contributed by atoms with van der Waals surface area (Å²) in [5, 5.41) is 15.5. The van der Waals surface area contributed by atoms with Crippen molar-refractivity contribution in [2.45, 2.75) is 45.4 Å². The van der Waals surface area contributed by atoms with Gasteiger partial charge in [-0.25, -0.2) is 0 Å². The predicted octanol–water partition coefficient (Wildman–Crippen LogP) is 2.76. The maximum Gasteiger partial charge on any atom is 0.286 e. The van der Waals surface area contributed by atoms with E-state index in [-0.39, 0.29) is 18.1 Å². The number of carbonyl (C=O) groups excluding carboxylic acids is 1. The molecule has 1 aromatic heterocycles. The second-order valence-electron chi connectivity index (χ2n) is 6.04. The molecule has 0 aliphatic carbocycles. The molecule has 1 saturated heterocycles. The van der Waals surface area contributed by atoms with Gasteiger partial charge in [0.05, 0.1) is 12.6 Å². The van der Waals surface area contributed by atoms with Gasteiger partial charge in [-0.1, -0.05) is 29.0 Å². The van der Waals surface area contributed by atoms with E-state index in [0.29, 0.717) is 11.6 Å². The van der Waals surface area contributed by atoms with E-state index in [1.165, 1.54) is 11.3 Å². The highest BCUT2D eigenvalue weighted by molar-refractivity contribution is 7.13. The summed E-state index contributed by atoms with van der Waals surface area (Å²) in [6.45, 7) is 5.56. The summed E-state index contributed by atoms with van der Waals surface area (Å²) >= 11 is 1.31. The van der Waals surface area contributed by atoms with Gasteiger partial charge in [-0.15, -0.1) is 10.2 Å². The van der Waals surface area contributed by atoms with Crippen LogP contribution in [0.5, 0.6) is 0 Å². The molecule has 1 aliphatic rings. The van der Waals surface area contributed by atoms with Crippen LogP contribution in [0, 0.1) is 6.92 Å². The summed E-state index contributed by atoms with van der Waals surface area (Å²) in [4.78, 5) is 12.2. The molecule has 1 fully saturated rings. The number of amides is 1. The number of rotatable bonds is 6. The van der Waals surface area contributed by atoms with Crippen LogP contribution in [-0.2, 0) is 11.3 Å². The Hall–Kier alpha value is -1.83. The Balaban J connectivity index is 1.52. The van der Waals surface area contributed by atoms with Gasteiger partial charge in [-0.2, -0.15) is 0 Å². The molecule has 2 heterocycles. The molecule has 1 amide bonds. The standard InChI is InChI=1S/C17H22N4O2S/c1-11-5-7-13(8-6-11)19-16(22)17-21-20-15(24-17)10-18-12(2)14-4-3-9-23-14/h5-8,12,14,18H,3-4,9-10H2,1-2H3,(H,19,22). The van der Waals surface area contributed by atoms with Gasteiger partial charge >= 0.3 is 0 Å². The average molecular weight is 346 g/mol. The van der Waals surface area contributed by atoms with Crippen LogP contribution in [0.2, 0.25) is 0 Å². The minimum atomic E-state index is -0.227. The Labute approximate surface area is 145 Å². The van der Waals surface area contributed by atoms with Crippen molar-refractivity contribution in [3.63, 3.8) is 0 Å². The first-order valence-electron chi connectivity index (χ1n) is 8.17. The molecule has 2 atom stereocenters. The topological polar surface area (TPSA) is 76.1 Å². The highest BCUT2D eigenvalue weighted by Crippen LogP contribution is 2.17. The van der Waals surface area contributed by atoms with Crippen molar-refractivity contribution in [1.82, 2.24) is 15.5 Å². The number of benzene rings is 1. The van der Waals surface area contributed by atoms with Crippen LogP contribution in [0.3, 0.4) is 0 Å². The lowest BCUT2D eigenvalue weighted by atomic mass is 10.1. The third kappa shape index (κ3) is 4.37. The van der Waals surface area contributed by atoms with Crippen molar-refractivity contribution >= 4 is 22.9 Å². The van der Waals surface area contributed by atoms with Crippen LogP contribution in [0.15, 0.2) is 24.3 Å². The van der Waals surface area contributed by atoms with E-state index in [1.54, 1.807) is 0 Å². The molecule has 0 saturated carbocycles. The van der Waals surface area contributed by atoms with E-state index in [2.05, 4.69) is 27.8 Å². The fraction of sp³-hybridized carbons (Fsp3) is 0.471. The van der Waals surface area contributed by atoms with E-state index < -0.39 is 0 Å². The monoisotopic (exact) mass is 346 g/mol. The van der Waals surface area contributed by atoms with Crippen LogP contribution in [0.25, 0.3) is 0 Å². The summed E-state index contributed by atoms with van der Waals surface area (Å²) in [6.07, 6.45) is 2.48. The lowest BCUT2D eigenvalue weighted by Crippen LogP contribution is -2.36. The van der Waals surface area contributed by atoms with Crippen LogP contribution in [0.4, 0.5) is 5.69 Å². The quantitative estimate of drug-likeness (QED) is 0.841. The Kier molecular flexibility index (Phi) is 5.55. The van der Waals surface area contributed by atoms with E-state index in [1.807, 2.05) is 31.2 Å². The summed E-state index contributed by atoms with van der Waals surface area (Å²) in [6, 6.07) is 7.93. The van der Waals surface area contributed by atoms with Gasteiger partial charge in [0.15, 0.2) is 0 Å². The van der Waals surface area contributed by atoms with Gasteiger partial charge < -0.3 is 15.4 Å². The highest BCUT2D eigenvalue weighted by atomic mass is 32.1. The average Bonchev–Trinajstić information content (AvgIpc) is 3.26. The van der Waals surface area contributed by atoms with Crippen LogP contribution in [0.1, 0.15) is 40.1 Å². The third-order valence-corrected chi connectivity index (χ3v) is 4.99. The molecule has 0 bridgehead atoms. The van der Waals surface area contributed by atoms with Crippen molar-refractivity contribution in [3.05, 3.63) is 39.8 Å². The normalized spacial score (nSPS) is 18.5. The molecule has 7 heteroatoms. The zero-order valence-corrected chi connectivity index (χ0v) is 14.7. The second-order valence-corrected chi connectivity index (χ2v) is 7.10. The molecule has 1 aromatic carbocycles. The molecule has 1 aliphatic heterocycles. The number of nitrogens with one attached hydrogen (secondary N) is 2. The lowest BCUT2D eigenvalue weighted by Gasteiger charge is -2.19. The first kappa shape index (κ1) is 17.0. The van der Waals surface area contributed by atoms with E-state index in [9.17, 15) is 4.79 Å². The molecular weight excluding hydrogens is 324 g/mol. The summed E-state index contributed by atoms with van der Waals surface area (Å²) < 4.78 is 5.66. The number of hydrogen-bond acceptors (Lipinski definition) is 6. The van der Waals surface area contributed by atoms with E-state index in [4.69, 9.17) is 4.74 Å². The zero-order valence-electron chi connectivity index (χ0n) is 13.9. The van der Waals surface area contributed by atoms with Gasteiger partial charge in [-0.05, 0) is 38.8 Å². The number of hydrogen-bond donors (Lipinski definition) is 2. The Morgan fingerprint density at radius 1 is 1.38 bits per heavy atom. The largest absolute Gasteiger partial charge is 0.377 e. The Bertz CT molecular complexity index is 680. The fourth-order valence-corrected chi connectivity index (χ4v) is 3.30. The minimum Gasteiger partial charge on any atom is -0.377 e. The van der Waals surface area contributed by atoms with Crippen molar-refractivity contribution in [1.29, 1.82) is 0 Å². The van der Waals surface area contributed by atoms with Gasteiger partial charge in [0, 0.05) is 18.3 Å². The number of nitrogens with zero attached hydrogens (tertiary/aromatic N) is 2. The Morgan fingerprint density at radius 3 is 2.88 bits per heavy atom. The third-order valence-electron chi connectivity index (χ3n) is 4.07. The van der Waals surface area contributed by atoms with Crippen molar-refractivity contribution < 1.29 is 9.53 Å². The highest BCUT2D eigenvalue weighted by Gasteiger charge is 2.22. The van der Waals surface area contributed by atoms with Gasteiger partial charge in [0.2, 0.25) is 5.01 Å².